The molecule has 0 spiro atoms. The molecule has 0 saturated carbocycles. The quantitative estimate of drug-likeness (QED) is 0.812. The maximum atomic E-state index is 13.0. The first-order valence-electron chi connectivity index (χ1n) is 8.27. The van der Waals surface area contributed by atoms with Gasteiger partial charge in [0.15, 0.2) is 0 Å². The average molecular weight is 351 g/mol. The monoisotopic (exact) mass is 351 g/mol. The number of nitrogens with zero attached hydrogens (tertiary/aromatic N) is 3. The zero-order valence-corrected chi connectivity index (χ0v) is 15.5. The molecule has 2 saturated heterocycles. The van der Waals surface area contributed by atoms with E-state index in [0.717, 1.165) is 12.0 Å². The van der Waals surface area contributed by atoms with Crippen molar-refractivity contribution in [3.05, 3.63) is 29.8 Å². The summed E-state index contributed by atoms with van der Waals surface area (Å²) < 4.78 is 27.4. The Hall–Kier alpha value is -1.44. The van der Waals surface area contributed by atoms with E-state index in [-0.39, 0.29) is 22.9 Å². The minimum atomic E-state index is -3.67. The Kier molecular flexibility index (Phi) is 4.44. The SMILES string of the molecule is Cc1ccc(S(=O)(=O)N2C[C@@H]3C[C@H](N(C)C)CN3C(=O)[C@@H]2C)cc1. The maximum absolute atomic E-state index is 13.0. The molecule has 24 heavy (non-hydrogen) atoms. The van der Waals surface area contributed by atoms with Crippen molar-refractivity contribution in [1.82, 2.24) is 14.1 Å². The van der Waals surface area contributed by atoms with Crippen molar-refractivity contribution in [3.63, 3.8) is 0 Å². The number of benzene rings is 1. The van der Waals surface area contributed by atoms with E-state index in [1.165, 1.54) is 4.31 Å². The van der Waals surface area contributed by atoms with Crippen molar-refractivity contribution in [2.75, 3.05) is 27.2 Å². The number of aryl methyl sites for hydroxylation is 1. The lowest BCUT2D eigenvalue weighted by atomic mass is 10.1. The van der Waals surface area contributed by atoms with Crippen LogP contribution in [0.2, 0.25) is 0 Å². The number of likely N-dealkylation sites (N-methyl/N-ethyl adjacent to an activating group) is 1. The van der Waals surface area contributed by atoms with E-state index in [0.29, 0.717) is 13.1 Å². The Morgan fingerprint density at radius 2 is 1.75 bits per heavy atom. The van der Waals surface area contributed by atoms with Crippen LogP contribution in [0.1, 0.15) is 18.9 Å². The molecule has 0 aromatic heterocycles. The highest BCUT2D eigenvalue weighted by molar-refractivity contribution is 7.89. The van der Waals surface area contributed by atoms with Crippen LogP contribution in [0.4, 0.5) is 0 Å². The van der Waals surface area contributed by atoms with Crippen LogP contribution < -0.4 is 0 Å². The van der Waals surface area contributed by atoms with Gasteiger partial charge in [0.1, 0.15) is 6.04 Å². The van der Waals surface area contributed by atoms with E-state index in [4.69, 9.17) is 0 Å². The molecule has 0 aliphatic carbocycles. The van der Waals surface area contributed by atoms with Crippen molar-refractivity contribution in [3.8, 4) is 0 Å². The molecule has 0 unspecified atom stereocenters. The van der Waals surface area contributed by atoms with E-state index >= 15 is 0 Å². The number of rotatable bonds is 3. The predicted octanol–water partition coefficient (Wildman–Crippen LogP) is 0.919. The Bertz CT molecular complexity index is 730. The van der Waals surface area contributed by atoms with Gasteiger partial charge in [-0.2, -0.15) is 4.31 Å². The van der Waals surface area contributed by atoms with Crippen molar-refractivity contribution in [2.45, 2.75) is 43.3 Å². The molecule has 1 aromatic rings. The van der Waals surface area contributed by atoms with Crippen molar-refractivity contribution in [2.24, 2.45) is 0 Å². The maximum Gasteiger partial charge on any atom is 0.243 e. The largest absolute Gasteiger partial charge is 0.335 e. The molecule has 2 aliphatic heterocycles. The fourth-order valence-corrected chi connectivity index (χ4v) is 5.22. The van der Waals surface area contributed by atoms with Gasteiger partial charge in [-0.1, -0.05) is 17.7 Å². The highest BCUT2D eigenvalue weighted by atomic mass is 32.2. The number of fused-ring (bicyclic) bond motifs is 1. The summed E-state index contributed by atoms with van der Waals surface area (Å²) >= 11 is 0. The molecule has 0 radical (unpaired) electrons. The standard InChI is InChI=1S/C17H25N3O3S/c1-12-5-7-16(8-6-12)24(22,23)20-11-15-9-14(18(3)4)10-19(15)17(21)13(20)2/h5-8,13-15H,9-11H2,1-4H3/t13-,14-,15-/m0/s1. The zero-order valence-electron chi connectivity index (χ0n) is 14.6. The molecular weight excluding hydrogens is 326 g/mol. The van der Waals surface area contributed by atoms with Crippen LogP contribution in [0.15, 0.2) is 29.2 Å². The minimum Gasteiger partial charge on any atom is -0.335 e. The highest BCUT2D eigenvalue weighted by Crippen LogP contribution is 2.31. The lowest BCUT2D eigenvalue weighted by Crippen LogP contribution is -2.59. The van der Waals surface area contributed by atoms with Gasteiger partial charge in [0, 0.05) is 25.2 Å². The Balaban J connectivity index is 1.89. The number of piperazine rings is 1. The minimum absolute atomic E-state index is 0.0404. The van der Waals surface area contributed by atoms with Crippen LogP contribution in [-0.4, -0.2) is 73.7 Å². The number of amides is 1. The van der Waals surface area contributed by atoms with Crippen LogP contribution >= 0.6 is 0 Å². The molecule has 1 aromatic carbocycles. The van der Waals surface area contributed by atoms with Crippen LogP contribution in [0.3, 0.4) is 0 Å². The third-order valence-electron chi connectivity index (χ3n) is 5.21. The summed E-state index contributed by atoms with van der Waals surface area (Å²) in [5.74, 6) is -0.0914. The number of sulfonamides is 1. The van der Waals surface area contributed by atoms with Crippen LogP contribution in [0.25, 0.3) is 0 Å². The van der Waals surface area contributed by atoms with Crippen molar-refractivity contribution < 1.29 is 13.2 Å². The van der Waals surface area contributed by atoms with Crippen molar-refractivity contribution in [1.29, 1.82) is 0 Å². The first kappa shape index (κ1) is 17.4. The molecular formula is C17H25N3O3S. The van der Waals surface area contributed by atoms with Crippen LogP contribution in [0.5, 0.6) is 0 Å². The van der Waals surface area contributed by atoms with Crippen LogP contribution in [-0.2, 0) is 14.8 Å². The third kappa shape index (κ3) is 2.85. The normalized spacial score (nSPS) is 28.5. The van der Waals surface area contributed by atoms with E-state index in [2.05, 4.69) is 4.90 Å². The smallest absolute Gasteiger partial charge is 0.243 e. The molecule has 7 heteroatoms. The van der Waals surface area contributed by atoms with Gasteiger partial charge in [-0.15, -0.1) is 0 Å². The number of carbonyl (C=O) groups is 1. The molecule has 2 heterocycles. The van der Waals surface area contributed by atoms with E-state index in [1.54, 1.807) is 31.2 Å². The fraction of sp³-hybridized carbons (Fsp3) is 0.588. The summed E-state index contributed by atoms with van der Waals surface area (Å²) in [6.07, 6.45) is 0.811. The summed E-state index contributed by atoms with van der Waals surface area (Å²) in [5, 5.41) is 0. The van der Waals surface area contributed by atoms with Gasteiger partial charge in [0.2, 0.25) is 15.9 Å². The second kappa shape index (κ2) is 6.13. The summed E-state index contributed by atoms with van der Waals surface area (Å²) in [6, 6.07) is 6.39. The molecule has 3 atom stereocenters. The topological polar surface area (TPSA) is 60.9 Å². The molecule has 0 bridgehead atoms. The molecule has 3 rings (SSSR count). The Morgan fingerprint density at radius 1 is 1.12 bits per heavy atom. The molecule has 2 aliphatic rings. The zero-order chi connectivity index (χ0) is 17.6. The summed E-state index contributed by atoms with van der Waals surface area (Å²) in [7, 11) is 0.331. The van der Waals surface area contributed by atoms with Gasteiger partial charge in [-0.05, 0) is 46.5 Å². The lowest BCUT2D eigenvalue weighted by Gasteiger charge is -2.40. The second-order valence-electron chi connectivity index (χ2n) is 7.06. The van der Waals surface area contributed by atoms with Crippen LogP contribution in [0, 0.1) is 6.92 Å². The predicted molar refractivity (Wildman–Crippen MR) is 92.1 cm³/mol. The summed E-state index contributed by atoms with van der Waals surface area (Å²) in [5.41, 5.74) is 1.01. The van der Waals surface area contributed by atoms with Gasteiger partial charge < -0.3 is 9.80 Å². The Labute approximate surface area is 144 Å². The highest BCUT2D eigenvalue weighted by Gasteiger charge is 2.47. The molecule has 2 fully saturated rings. The molecule has 6 nitrogen and oxygen atoms in total. The molecule has 1 amide bonds. The van der Waals surface area contributed by atoms with Gasteiger partial charge in [0.25, 0.3) is 0 Å². The van der Waals surface area contributed by atoms with Gasteiger partial charge in [-0.25, -0.2) is 8.42 Å². The van der Waals surface area contributed by atoms with Gasteiger partial charge in [-0.3, -0.25) is 4.79 Å². The first-order chi connectivity index (χ1) is 11.2. The summed E-state index contributed by atoms with van der Waals surface area (Å²) in [4.78, 5) is 16.9. The fourth-order valence-electron chi connectivity index (χ4n) is 3.59. The Morgan fingerprint density at radius 3 is 2.33 bits per heavy atom. The molecule has 0 N–H and O–H groups in total. The first-order valence-corrected chi connectivity index (χ1v) is 9.71. The van der Waals surface area contributed by atoms with Crippen molar-refractivity contribution >= 4 is 15.9 Å². The van der Waals surface area contributed by atoms with E-state index in [1.807, 2.05) is 25.9 Å². The third-order valence-corrected chi connectivity index (χ3v) is 7.16. The second-order valence-corrected chi connectivity index (χ2v) is 8.95. The van der Waals surface area contributed by atoms with Gasteiger partial charge in [0.05, 0.1) is 4.90 Å². The molecule has 132 valence electrons. The van der Waals surface area contributed by atoms with Gasteiger partial charge >= 0.3 is 0 Å². The lowest BCUT2D eigenvalue weighted by molar-refractivity contribution is -0.139. The van der Waals surface area contributed by atoms with E-state index < -0.39 is 16.1 Å². The number of hydrogen-bond donors (Lipinski definition) is 0. The number of hydrogen-bond acceptors (Lipinski definition) is 4. The van der Waals surface area contributed by atoms with E-state index in [9.17, 15) is 13.2 Å². The number of carbonyl (C=O) groups excluding carboxylic acids is 1. The average Bonchev–Trinajstić information content (AvgIpc) is 2.96. The summed E-state index contributed by atoms with van der Waals surface area (Å²) in [6.45, 7) is 4.65.